The largest absolute Gasteiger partial charge is 0.324 e. The summed E-state index contributed by atoms with van der Waals surface area (Å²) >= 11 is 0. The first-order valence-electron chi connectivity index (χ1n) is 10.7. The predicted molar refractivity (Wildman–Crippen MR) is 125 cm³/mol. The maximum Gasteiger partial charge on any atom is 0.262 e. The summed E-state index contributed by atoms with van der Waals surface area (Å²) in [4.78, 5) is 40.4. The lowest BCUT2D eigenvalue weighted by Crippen LogP contribution is -2.48. The van der Waals surface area contributed by atoms with E-state index in [1.54, 1.807) is 12.1 Å². The molecule has 3 amide bonds. The van der Waals surface area contributed by atoms with Gasteiger partial charge in [-0.15, -0.1) is 0 Å². The number of nitrogens with one attached hydrogen (secondary N) is 1. The Hall–Kier alpha value is -3.52. The third-order valence-corrected chi connectivity index (χ3v) is 7.31. The number of nitrogens with zero attached hydrogens (tertiary/aromatic N) is 1. The van der Waals surface area contributed by atoms with Crippen LogP contribution >= 0.6 is 0 Å². The van der Waals surface area contributed by atoms with Crippen molar-refractivity contribution >= 4 is 44.0 Å². The zero-order chi connectivity index (χ0) is 23.3. The molecule has 8 heteroatoms. The third-order valence-electron chi connectivity index (χ3n) is 6.34. The number of anilines is 1. The average Bonchev–Trinajstić information content (AvgIpc) is 3.31. The molecule has 2 aliphatic rings. The van der Waals surface area contributed by atoms with E-state index in [-0.39, 0.29) is 23.3 Å². The van der Waals surface area contributed by atoms with Crippen LogP contribution in [0.15, 0.2) is 54.6 Å². The van der Waals surface area contributed by atoms with E-state index in [9.17, 15) is 22.8 Å². The molecular weight excluding hydrogens is 440 g/mol. The summed E-state index contributed by atoms with van der Waals surface area (Å²) in [7, 11) is -3.42. The van der Waals surface area contributed by atoms with Gasteiger partial charge >= 0.3 is 0 Å². The first-order chi connectivity index (χ1) is 15.7. The Morgan fingerprint density at radius 1 is 0.939 bits per heavy atom. The van der Waals surface area contributed by atoms with E-state index >= 15 is 0 Å². The number of hydrogen-bond acceptors (Lipinski definition) is 5. The highest BCUT2D eigenvalue weighted by molar-refractivity contribution is 7.90. The fourth-order valence-corrected chi connectivity index (χ4v) is 5.42. The molecule has 1 aliphatic carbocycles. The van der Waals surface area contributed by atoms with Crippen molar-refractivity contribution in [1.29, 1.82) is 0 Å². The van der Waals surface area contributed by atoms with Gasteiger partial charge in [0, 0.05) is 17.3 Å². The van der Waals surface area contributed by atoms with Gasteiger partial charge in [-0.2, -0.15) is 0 Å². The van der Waals surface area contributed by atoms with Gasteiger partial charge in [0.25, 0.3) is 11.8 Å². The minimum atomic E-state index is -3.42. The van der Waals surface area contributed by atoms with Gasteiger partial charge in [-0.05, 0) is 54.0 Å². The number of amides is 3. The van der Waals surface area contributed by atoms with E-state index in [0.717, 1.165) is 34.8 Å². The molecule has 1 unspecified atom stereocenters. The molecule has 1 aliphatic heterocycles. The van der Waals surface area contributed by atoms with Crippen LogP contribution in [0.4, 0.5) is 5.69 Å². The van der Waals surface area contributed by atoms with E-state index in [4.69, 9.17) is 0 Å². The van der Waals surface area contributed by atoms with Gasteiger partial charge in [-0.3, -0.25) is 19.3 Å². The lowest BCUT2D eigenvalue weighted by molar-refractivity contribution is -0.120. The zero-order valence-electron chi connectivity index (χ0n) is 18.0. The van der Waals surface area contributed by atoms with Gasteiger partial charge in [0.05, 0.1) is 16.9 Å². The van der Waals surface area contributed by atoms with Crippen LogP contribution in [0.2, 0.25) is 0 Å². The molecule has 1 atom stereocenters. The van der Waals surface area contributed by atoms with Crippen LogP contribution in [-0.2, 0) is 27.5 Å². The minimum Gasteiger partial charge on any atom is -0.324 e. The number of carbonyl (C=O) groups is 3. The van der Waals surface area contributed by atoms with Gasteiger partial charge < -0.3 is 5.32 Å². The van der Waals surface area contributed by atoms with E-state index in [2.05, 4.69) is 11.4 Å². The van der Waals surface area contributed by atoms with Crippen LogP contribution in [0.3, 0.4) is 0 Å². The number of imide groups is 1. The normalized spacial score (nSPS) is 15.7. The lowest BCUT2D eigenvalue weighted by Gasteiger charge is -2.25. The number of rotatable bonds is 6. The van der Waals surface area contributed by atoms with Crippen LogP contribution in [-0.4, -0.2) is 49.1 Å². The number of benzene rings is 3. The van der Waals surface area contributed by atoms with Crippen LogP contribution in [0.25, 0.3) is 10.8 Å². The molecule has 3 aromatic carbocycles. The van der Waals surface area contributed by atoms with Crippen molar-refractivity contribution in [3.8, 4) is 0 Å². The highest BCUT2D eigenvalue weighted by Gasteiger charge is 2.42. The van der Waals surface area contributed by atoms with Crippen molar-refractivity contribution in [3.63, 3.8) is 0 Å². The van der Waals surface area contributed by atoms with Gasteiger partial charge in [-0.25, -0.2) is 8.42 Å². The number of aryl methyl sites for hydroxylation is 2. The minimum absolute atomic E-state index is 0.183. The number of hydrogen-bond donors (Lipinski definition) is 1. The van der Waals surface area contributed by atoms with Crippen molar-refractivity contribution in [1.82, 2.24) is 4.90 Å². The Morgan fingerprint density at radius 2 is 1.58 bits per heavy atom. The highest BCUT2D eigenvalue weighted by Crippen LogP contribution is 2.35. The van der Waals surface area contributed by atoms with E-state index in [1.165, 1.54) is 23.3 Å². The maximum atomic E-state index is 13.4. The Morgan fingerprint density at radius 3 is 2.21 bits per heavy atom. The molecule has 33 heavy (non-hydrogen) atoms. The topological polar surface area (TPSA) is 101 Å². The second-order valence-electron chi connectivity index (χ2n) is 8.56. The van der Waals surface area contributed by atoms with Crippen molar-refractivity contribution < 1.29 is 22.8 Å². The van der Waals surface area contributed by atoms with Crippen LogP contribution < -0.4 is 5.32 Å². The molecule has 0 saturated carbocycles. The predicted octanol–water partition coefficient (Wildman–Crippen LogP) is 2.98. The van der Waals surface area contributed by atoms with Crippen LogP contribution in [0.1, 0.15) is 38.3 Å². The first kappa shape index (κ1) is 21.3. The molecule has 1 N–H and O–H groups in total. The Labute approximate surface area is 191 Å². The molecule has 7 nitrogen and oxygen atoms in total. The quantitative estimate of drug-likeness (QED) is 0.568. The Bertz CT molecular complexity index is 1400. The van der Waals surface area contributed by atoms with Gasteiger partial charge in [0.15, 0.2) is 0 Å². The number of fused-ring (bicyclic) bond motifs is 1. The Balaban J connectivity index is 1.51. The zero-order valence-corrected chi connectivity index (χ0v) is 18.8. The molecule has 3 aromatic rings. The van der Waals surface area contributed by atoms with Gasteiger partial charge in [-0.1, -0.05) is 36.4 Å². The number of sulfone groups is 1. The van der Waals surface area contributed by atoms with E-state index in [1.807, 2.05) is 24.3 Å². The summed E-state index contributed by atoms with van der Waals surface area (Å²) in [6.07, 6.45) is 2.76. The average molecular weight is 463 g/mol. The highest BCUT2D eigenvalue weighted by atomic mass is 32.2. The van der Waals surface area contributed by atoms with E-state index in [0.29, 0.717) is 5.69 Å². The lowest BCUT2D eigenvalue weighted by atomic mass is 10.0. The summed E-state index contributed by atoms with van der Waals surface area (Å²) in [6, 6.07) is 14.8. The summed E-state index contributed by atoms with van der Waals surface area (Å²) in [6.45, 7) is 0. The molecule has 0 spiro atoms. The molecule has 1 heterocycles. The summed E-state index contributed by atoms with van der Waals surface area (Å²) in [5.41, 5.74) is 3.43. The fraction of sp³-hybridized carbons (Fsp3) is 0.240. The monoisotopic (exact) mass is 462 g/mol. The molecular formula is C25H22N2O5S. The molecule has 0 radical (unpaired) electrons. The third kappa shape index (κ3) is 3.70. The molecule has 0 aromatic heterocycles. The van der Waals surface area contributed by atoms with Crippen molar-refractivity contribution in [2.75, 3.05) is 17.3 Å². The molecule has 0 bridgehead atoms. The Kier molecular flexibility index (Phi) is 5.05. The molecule has 168 valence electrons. The maximum absolute atomic E-state index is 13.4. The van der Waals surface area contributed by atoms with Gasteiger partial charge in [0.1, 0.15) is 15.9 Å². The van der Waals surface area contributed by atoms with Crippen molar-refractivity contribution in [2.45, 2.75) is 25.3 Å². The smallest absolute Gasteiger partial charge is 0.262 e. The van der Waals surface area contributed by atoms with Crippen LogP contribution in [0.5, 0.6) is 0 Å². The summed E-state index contributed by atoms with van der Waals surface area (Å²) in [5.74, 6) is -2.11. The second-order valence-corrected chi connectivity index (χ2v) is 10.8. The first-order valence-corrected chi connectivity index (χ1v) is 12.8. The van der Waals surface area contributed by atoms with Crippen LogP contribution in [0, 0.1) is 0 Å². The molecule has 5 rings (SSSR count). The summed E-state index contributed by atoms with van der Waals surface area (Å²) in [5, 5.41) is 4.87. The van der Waals surface area contributed by atoms with E-state index < -0.39 is 33.6 Å². The fourth-order valence-electron chi connectivity index (χ4n) is 4.77. The SMILES string of the molecule is CS(=O)(=O)CCC(C(=O)Nc1ccc2c3c(cccc13)CC2)N1C(=O)c2ccccc2C1=O. The summed E-state index contributed by atoms with van der Waals surface area (Å²) < 4.78 is 23.7. The molecule has 0 saturated heterocycles. The van der Waals surface area contributed by atoms with Crippen molar-refractivity contribution in [3.05, 3.63) is 76.9 Å². The standard InChI is InChI=1S/C25H22N2O5S/c1-33(31,32)14-13-21(27-24(29)17-6-2-3-7-18(17)25(27)30)23(28)26-20-12-11-16-10-9-15-5-4-8-19(20)22(15)16/h2-8,11-12,21H,9-10,13-14H2,1H3,(H,26,28). The van der Waals surface area contributed by atoms with Crippen molar-refractivity contribution in [2.24, 2.45) is 0 Å². The van der Waals surface area contributed by atoms with Gasteiger partial charge in [0.2, 0.25) is 5.91 Å². The molecule has 0 fully saturated rings. The number of carbonyl (C=O) groups excluding carboxylic acids is 3. The second kappa shape index (κ2) is 7.81.